The Hall–Kier alpha value is -8.76. The molecule has 10 aliphatic rings. The molecule has 5 unspecified atom stereocenters. The number of carbonyl (C=O) groups is 15. The van der Waals surface area contributed by atoms with E-state index >= 15 is 0 Å². The quantitative estimate of drug-likeness (QED) is 0.0309. The third kappa shape index (κ3) is 27.9. The van der Waals surface area contributed by atoms with Crippen molar-refractivity contribution in [2.75, 3.05) is 26.2 Å². The van der Waals surface area contributed by atoms with Gasteiger partial charge in [0.25, 0.3) is 17.7 Å². The number of nitrogens with one attached hydrogen (secondary N) is 6. The number of primary amides is 3. The number of carbonyl (C=O) groups excluding carboxylic acids is 14. The second-order valence-electron chi connectivity index (χ2n) is 43.1. The van der Waals surface area contributed by atoms with Crippen molar-refractivity contribution in [1.29, 1.82) is 0 Å². The summed E-state index contributed by atoms with van der Waals surface area (Å²) in [5.41, 5.74) is 17.9. The van der Waals surface area contributed by atoms with Gasteiger partial charge in [-0.05, 0) is 186 Å². The molecule has 14 amide bonds. The van der Waals surface area contributed by atoms with Crippen molar-refractivity contribution in [2.45, 2.75) is 351 Å². The van der Waals surface area contributed by atoms with E-state index in [1.54, 1.807) is 70.7 Å². The normalized spacial score (nSPS) is 24.7. The van der Waals surface area contributed by atoms with Crippen LogP contribution in [-0.2, 0) is 57.4 Å². The Balaban J connectivity index is 0.000000284. The summed E-state index contributed by atoms with van der Waals surface area (Å²) in [6.07, 6.45) is 15.0. The zero-order valence-corrected chi connectivity index (χ0v) is 78.2. The molecule has 35 heteroatoms. The first-order valence-corrected chi connectivity index (χ1v) is 45.2. The van der Waals surface area contributed by atoms with Crippen molar-refractivity contribution < 1.29 is 96.7 Å². The van der Waals surface area contributed by atoms with Crippen LogP contribution in [0.5, 0.6) is 0 Å². The molecule has 0 spiro atoms. The number of alkyl carbamates (subject to hydrolysis) is 2. The molecule has 1 aromatic carbocycles. The molecule has 34 nitrogen and oxygen atoms in total. The van der Waals surface area contributed by atoms with E-state index < -0.39 is 177 Å². The number of ketones is 1. The molecule has 127 heavy (non-hydrogen) atoms. The summed E-state index contributed by atoms with van der Waals surface area (Å²) in [7, 11) is 0. The topological polar surface area (TPSA) is 524 Å². The van der Waals surface area contributed by atoms with Gasteiger partial charge in [0.1, 0.15) is 53.6 Å². The molecular weight excluding hydrogens is 1660 g/mol. The summed E-state index contributed by atoms with van der Waals surface area (Å²) < 4.78 is 10.7. The molecule has 4 heterocycles. The molecule has 9 fully saturated rings. The van der Waals surface area contributed by atoms with Crippen LogP contribution in [0.25, 0.3) is 0 Å². The van der Waals surface area contributed by atoms with Gasteiger partial charge >= 0.3 is 24.2 Å². The number of amides is 14. The van der Waals surface area contributed by atoms with Gasteiger partial charge in [-0.3, -0.25) is 57.6 Å². The largest absolute Gasteiger partial charge is 0.480 e. The summed E-state index contributed by atoms with van der Waals surface area (Å²) in [6, 6.07) is -2.27. The minimum absolute atomic E-state index is 0. The van der Waals surface area contributed by atoms with Crippen LogP contribution < -0.4 is 54.8 Å². The molecule has 0 radical (unpaired) electrons. The minimum Gasteiger partial charge on any atom is -0.480 e. The fourth-order valence-electron chi connectivity index (χ4n) is 19.3. The van der Waals surface area contributed by atoms with Crippen LogP contribution in [0.2, 0.25) is 0 Å². The second-order valence-corrected chi connectivity index (χ2v) is 43.1. The van der Waals surface area contributed by atoms with Gasteiger partial charge in [0, 0.05) is 25.7 Å². The number of carboxylic acids is 1. The van der Waals surface area contributed by atoms with Crippen molar-refractivity contribution in [3.8, 4) is 0 Å². The van der Waals surface area contributed by atoms with Crippen LogP contribution in [0.4, 0.5) is 14.4 Å². The number of ether oxygens (including phenoxy) is 2. The average Bonchev–Trinajstić information content (AvgIpc) is 1.64. The number of imide groups is 1. The summed E-state index contributed by atoms with van der Waals surface area (Å²) >= 11 is 0. The Morgan fingerprint density at radius 1 is 0.449 bits per heavy atom. The van der Waals surface area contributed by atoms with Crippen molar-refractivity contribution in [3.05, 3.63) is 35.4 Å². The zero-order valence-electron chi connectivity index (χ0n) is 77.4. The number of halogens is 1. The van der Waals surface area contributed by atoms with E-state index in [9.17, 15) is 82.1 Å². The maximum absolute atomic E-state index is 14.5. The lowest BCUT2D eigenvalue weighted by Crippen LogP contribution is -2.62. The molecule has 716 valence electrons. The van der Waals surface area contributed by atoms with Crippen molar-refractivity contribution in [1.82, 2.24) is 51.5 Å². The predicted octanol–water partition coefficient (Wildman–Crippen LogP) is 7.89. The number of likely N-dealkylation sites (tertiary alicyclic amines) is 3. The predicted molar refractivity (Wildman–Crippen MR) is 478 cm³/mol. The fourth-order valence-corrected chi connectivity index (χ4v) is 19.3. The number of benzene rings is 1. The van der Waals surface area contributed by atoms with Gasteiger partial charge in [-0.15, -0.1) is 12.4 Å². The molecule has 6 saturated carbocycles. The highest BCUT2D eigenvalue weighted by atomic mass is 35.5. The molecular formula is C92H151ClN14O20. The summed E-state index contributed by atoms with van der Waals surface area (Å²) in [5, 5.41) is 46.2. The number of hydrogen-bond acceptors (Lipinski definition) is 20. The molecule has 1 aromatic rings. The van der Waals surface area contributed by atoms with Crippen LogP contribution in [0.15, 0.2) is 24.3 Å². The number of hydrogen-bond donors (Lipinski definition) is 13. The number of urea groups is 1. The van der Waals surface area contributed by atoms with E-state index in [-0.39, 0.29) is 85.5 Å². The number of nitrogens with zero attached hydrogens (tertiary/aromatic N) is 4. The van der Waals surface area contributed by atoms with Gasteiger partial charge in [-0.2, -0.15) is 0 Å². The number of rotatable bonds is 26. The third-order valence-electron chi connectivity index (χ3n) is 26.9. The average molecular weight is 1810 g/mol. The Labute approximate surface area is 756 Å². The van der Waals surface area contributed by atoms with Gasteiger partial charge in [-0.1, -0.05) is 180 Å². The lowest BCUT2D eigenvalue weighted by molar-refractivity contribution is -0.151. The molecule has 0 bridgehead atoms. The Morgan fingerprint density at radius 3 is 1.13 bits per heavy atom. The van der Waals surface area contributed by atoms with Crippen molar-refractivity contribution in [3.63, 3.8) is 0 Å². The summed E-state index contributed by atoms with van der Waals surface area (Å²) in [4.78, 5) is 199. The van der Waals surface area contributed by atoms with Crippen LogP contribution >= 0.6 is 12.4 Å². The highest BCUT2D eigenvalue weighted by molar-refractivity contribution is 6.38. The molecule has 6 aliphatic carbocycles. The first-order chi connectivity index (χ1) is 57.9. The maximum atomic E-state index is 14.5. The van der Waals surface area contributed by atoms with E-state index in [2.05, 4.69) is 31.9 Å². The number of Topliss-reactive ketones (excluding diaryl/α,β-unsaturated/α-hetero) is 1. The van der Waals surface area contributed by atoms with Gasteiger partial charge in [0.15, 0.2) is 6.10 Å². The highest BCUT2D eigenvalue weighted by Gasteiger charge is 2.57. The number of carboxylic acid groups (broad SMARTS) is 1. The monoisotopic (exact) mass is 1810 g/mol. The molecule has 0 aromatic heterocycles. The maximum Gasteiger partial charge on any atom is 0.408 e. The lowest BCUT2D eigenvalue weighted by Gasteiger charge is -2.38. The Morgan fingerprint density at radius 2 is 0.795 bits per heavy atom. The molecule has 17 N–H and O–H groups in total. The van der Waals surface area contributed by atoms with E-state index in [0.717, 1.165) is 101 Å². The van der Waals surface area contributed by atoms with Crippen LogP contribution in [0.1, 0.15) is 288 Å². The minimum atomic E-state index is -1.49. The van der Waals surface area contributed by atoms with Gasteiger partial charge in [0.05, 0.1) is 35.8 Å². The number of aliphatic carboxylic acids is 1. The smallest absolute Gasteiger partial charge is 0.408 e. The SMILES string of the molecule is C.CC(C)(C)OC(=O)N[C@H](C(=O)N1C[C@@H]2CCC[C@@H]2[C@H]1C(=O)NC(CC1CCC1)C(O)C(N)=O)C(C)(C)C.CC(C)(C)OC(=O)N[C@H](C(=O)N1C[C@@H]2CCC[C@@H]2[C@H]1C(=O)O)C(C)(C)C.CC(C)(C)[C@H](NC(=O)N[C@H](CN1C(=O)c2ccccc2C1=O)C(C)(C)C)C(=O)N1C[C@@H]2CCC[C@@H]2[C@H]1C(=O)NC(CC1CCC1)C(=O)C(N)=O.Cl.NC(=O)C(O)C(N)CC1CCC1. The van der Waals surface area contributed by atoms with Gasteiger partial charge in [-0.25, -0.2) is 19.2 Å². The van der Waals surface area contributed by atoms with E-state index in [4.69, 9.17) is 37.5 Å². The zero-order chi connectivity index (χ0) is 93.4. The van der Waals surface area contributed by atoms with E-state index in [1.807, 2.05) is 83.1 Å². The molecule has 3 saturated heterocycles. The number of aliphatic hydroxyl groups excluding tert-OH is 2. The van der Waals surface area contributed by atoms with Crippen LogP contribution in [0, 0.1) is 74.9 Å². The Kier molecular flexibility index (Phi) is 36.9. The Bertz CT molecular complexity index is 4060. The van der Waals surface area contributed by atoms with Crippen LogP contribution in [-0.4, -0.2) is 234 Å². The number of aliphatic hydroxyl groups is 2. The second kappa shape index (κ2) is 43.8. The first-order valence-electron chi connectivity index (χ1n) is 45.2. The summed E-state index contributed by atoms with van der Waals surface area (Å²) in [6.45, 7) is 33.9. The van der Waals surface area contributed by atoms with Crippen molar-refractivity contribution in [2.24, 2.45) is 97.9 Å². The third-order valence-corrected chi connectivity index (χ3v) is 26.9. The lowest BCUT2D eigenvalue weighted by atomic mass is 9.79. The molecule has 11 rings (SSSR count). The number of fused-ring (bicyclic) bond motifs is 4. The molecule has 4 aliphatic heterocycles. The van der Waals surface area contributed by atoms with E-state index in [0.29, 0.717) is 61.9 Å². The molecule has 18 atom stereocenters. The summed E-state index contributed by atoms with van der Waals surface area (Å²) in [5.74, 6) is -5.81. The highest BCUT2D eigenvalue weighted by Crippen LogP contribution is 2.47. The van der Waals surface area contributed by atoms with Crippen molar-refractivity contribution >= 4 is 101 Å². The fraction of sp³-hybridized carbons (Fsp3) is 0.772. The standard InChI is InChI=1S/C37H52N6O7.C27H46N4O6.C19H32N2O5.C8H16N2O2.CH4.ClH/c1-36(2,3)26(19-43-32(47)23-14-7-8-15-24(23)33(43)48)40-35(50)41-29(37(4,5)6)34(49)42-18-21-13-10-16-22(21)27(42)31(46)39-25(28(44)30(38)45)17-20-11-9-12-20;1-26(2,3)21(30-25(36)37-27(4,5)6)24(35)31-14-16-11-8-12-17(16)19(31)23(34)29-18(20(32)22(28)33)13-15-9-7-10-15;1-18(2,3)14(20-17(25)26-19(4,5)6)15(22)21-10-11-8-7-9-12(11)13(21)16(23)24;9-6(7(11)8(10)12)4-5-2-1-3-5;;/h7-8,14-15,20-22,25-27,29H,9-13,16-19H2,1-6H3,(H2,38,45)(H,39,46)(H2,40,41,50);15-21,32H,7-14H2,1-6H3,(H2,28,33)(H,29,34)(H,30,36);11-14H,7-10H2,1-6H3,(H,20,25)(H,23,24);5-7,11H,1-4,9H2,(H2,10,12);1H4;1H/t21-,22-,25?,26+,27-,29+;16-,17-,18?,19-,20?,21+;11-,12-,13-,14+;;;/m000.../s1. The van der Waals surface area contributed by atoms with Crippen LogP contribution in [0.3, 0.4) is 0 Å². The first kappa shape index (κ1) is 107. The van der Waals surface area contributed by atoms with Gasteiger partial charge in [0.2, 0.25) is 47.1 Å². The van der Waals surface area contributed by atoms with Gasteiger partial charge < -0.3 is 94.3 Å². The van der Waals surface area contributed by atoms with E-state index in [1.165, 1.54) is 29.1 Å². The number of nitrogens with two attached hydrogens (primary N) is 4.